The van der Waals surface area contributed by atoms with Crippen molar-refractivity contribution >= 4 is 0 Å². The maximum absolute atomic E-state index is 5.36. The zero-order chi connectivity index (χ0) is 9.68. The molecule has 1 heterocycles. The Morgan fingerprint density at radius 2 is 2.38 bits per heavy atom. The molecule has 4 nitrogen and oxygen atoms in total. The van der Waals surface area contributed by atoms with E-state index in [2.05, 4.69) is 22.0 Å². The highest BCUT2D eigenvalue weighted by molar-refractivity contribution is 5.06. The Kier molecular flexibility index (Phi) is 3.54. The molecule has 1 rings (SSSR count). The SMILES string of the molecule is C=CCC(NN)c1cnc(C)cn1. The van der Waals surface area contributed by atoms with E-state index in [1.165, 1.54) is 0 Å². The molecule has 1 unspecified atom stereocenters. The van der Waals surface area contributed by atoms with Gasteiger partial charge in [0.05, 0.1) is 23.6 Å². The first-order valence-corrected chi connectivity index (χ1v) is 4.13. The van der Waals surface area contributed by atoms with Gasteiger partial charge in [-0.2, -0.15) is 0 Å². The van der Waals surface area contributed by atoms with Gasteiger partial charge >= 0.3 is 0 Å². The van der Waals surface area contributed by atoms with Crippen LogP contribution >= 0.6 is 0 Å². The summed E-state index contributed by atoms with van der Waals surface area (Å²) in [7, 11) is 0. The minimum absolute atomic E-state index is 0.00519. The maximum atomic E-state index is 5.36. The molecule has 0 saturated heterocycles. The normalized spacial score (nSPS) is 12.5. The number of hydrogen-bond donors (Lipinski definition) is 2. The zero-order valence-corrected chi connectivity index (χ0v) is 7.70. The first kappa shape index (κ1) is 9.83. The van der Waals surface area contributed by atoms with Crippen LogP contribution in [0.4, 0.5) is 0 Å². The molecule has 3 N–H and O–H groups in total. The lowest BCUT2D eigenvalue weighted by atomic mass is 10.1. The number of aromatic nitrogens is 2. The van der Waals surface area contributed by atoms with Crippen molar-refractivity contribution < 1.29 is 0 Å². The average Bonchev–Trinajstić information content (AvgIpc) is 2.16. The summed E-state index contributed by atoms with van der Waals surface area (Å²) in [6, 6.07) is 0.00519. The van der Waals surface area contributed by atoms with Gasteiger partial charge in [0, 0.05) is 6.20 Å². The van der Waals surface area contributed by atoms with Gasteiger partial charge in [-0.1, -0.05) is 6.08 Å². The van der Waals surface area contributed by atoms with Crippen LogP contribution in [0.3, 0.4) is 0 Å². The number of nitrogens with one attached hydrogen (secondary N) is 1. The maximum Gasteiger partial charge on any atom is 0.0772 e. The molecule has 0 saturated carbocycles. The highest BCUT2D eigenvalue weighted by Gasteiger charge is 2.08. The van der Waals surface area contributed by atoms with Gasteiger partial charge in [-0.05, 0) is 13.3 Å². The van der Waals surface area contributed by atoms with Crippen LogP contribution in [0.15, 0.2) is 25.0 Å². The second kappa shape index (κ2) is 4.69. The summed E-state index contributed by atoms with van der Waals surface area (Å²) in [5, 5.41) is 0. The van der Waals surface area contributed by atoms with E-state index in [1.54, 1.807) is 18.5 Å². The molecule has 0 aliphatic rings. The molecule has 1 aromatic heterocycles. The van der Waals surface area contributed by atoms with E-state index in [1.807, 2.05) is 6.92 Å². The molecule has 0 aromatic carbocycles. The fraction of sp³-hybridized carbons (Fsp3) is 0.333. The summed E-state index contributed by atoms with van der Waals surface area (Å²) in [4.78, 5) is 8.35. The van der Waals surface area contributed by atoms with Crippen molar-refractivity contribution in [2.24, 2.45) is 5.84 Å². The molecule has 0 aliphatic heterocycles. The standard InChI is InChI=1S/C9H14N4/c1-3-4-8(13-10)9-6-11-7(2)5-12-9/h3,5-6,8,13H,1,4,10H2,2H3. The van der Waals surface area contributed by atoms with Crippen LogP contribution < -0.4 is 11.3 Å². The van der Waals surface area contributed by atoms with Crippen LogP contribution in [0.2, 0.25) is 0 Å². The van der Waals surface area contributed by atoms with Gasteiger partial charge in [0.15, 0.2) is 0 Å². The van der Waals surface area contributed by atoms with Crippen LogP contribution in [-0.4, -0.2) is 9.97 Å². The highest BCUT2D eigenvalue weighted by atomic mass is 15.2. The largest absolute Gasteiger partial charge is 0.271 e. The number of nitrogens with two attached hydrogens (primary N) is 1. The van der Waals surface area contributed by atoms with E-state index in [-0.39, 0.29) is 6.04 Å². The molecule has 1 atom stereocenters. The molecule has 0 spiro atoms. The van der Waals surface area contributed by atoms with Crippen molar-refractivity contribution in [3.63, 3.8) is 0 Å². The van der Waals surface area contributed by atoms with E-state index in [0.717, 1.165) is 17.8 Å². The molecule has 0 bridgehead atoms. The first-order valence-electron chi connectivity index (χ1n) is 4.13. The number of nitrogens with zero attached hydrogens (tertiary/aromatic N) is 2. The summed E-state index contributed by atoms with van der Waals surface area (Å²) >= 11 is 0. The number of aryl methyl sites for hydroxylation is 1. The molecule has 0 amide bonds. The predicted molar refractivity (Wildman–Crippen MR) is 51.6 cm³/mol. The van der Waals surface area contributed by atoms with Crippen molar-refractivity contribution in [3.05, 3.63) is 36.4 Å². The Morgan fingerprint density at radius 3 is 2.85 bits per heavy atom. The Labute approximate surface area is 77.9 Å². The third-order valence-corrected chi connectivity index (χ3v) is 1.76. The van der Waals surface area contributed by atoms with Crippen molar-refractivity contribution in [1.29, 1.82) is 0 Å². The summed E-state index contributed by atoms with van der Waals surface area (Å²) in [6.07, 6.45) is 5.99. The van der Waals surface area contributed by atoms with Crippen LogP contribution in [0.5, 0.6) is 0 Å². The minimum Gasteiger partial charge on any atom is -0.271 e. The van der Waals surface area contributed by atoms with Gasteiger partial charge < -0.3 is 0 Å². The van der Waals surface area contributed by atoms with E-state index < -0.39 is 0 Å². The zero-order valence-electron chi connectivity index (χ0n) is 7.70. The van der Waals surface area contributed by atoms with Crippen molar-refractivity contribution in [1.82, 2.24) is 15.4 Å². The predicted octanol–water partition coefficient (Wildman–Crippen LogP) is 0.866. The molecule has 0 fully saturated rings. The van der Waals surface area contributed by atoms with E-state index in [4.69, 9.17) is 5.84 Å². The second-order valence-electron chi connectivity index (χ2n) is 2.83. The van der Waals surface area contributed by atoms with Crippen molar-refractivity contribution in [3.8, 4) is 0 Å². The Balaban J connectivity index is 2.78. The van der Waals surface area contributed by atoms with Gasteiger partial charge in [-0.15, -0.1) is 6.58 Å². The molecular weight excluding hydrogens is 164 g/mol. The molecule has 1 aromatic rings. The molecule has 4 heteroatoms. The second-order valence-corrected chi connectivity index (χ2v) is 2.83. The van der Waals surface area contributed by atoms with Crippen LogP contribution in [0.25, 0.3) is 0 Å². The summed E-state index contributed by atoms with van der Waals surface area (Å²) in [6.45, 7) is 5.55. The summed E-state index contributed by atoms with van der Waals surface area (Å²) < 4.78 is 0. The van der Waals surface area contributed by atoms with Gasteiger partial charge in [0.2, 0.25) is 0 Å². The molecule has 13 heavy (non-hydrogen) atoms. The van der Waals surface area contributed by atoms with E-state index in [9.17, 15) is 0 Å². The minimum atomic E-state index is 0.00519. The fourth-order valence-corrected chi connectivity index (χ4v) is 1.02. The summed E-state index contributed by atoms with van der Waals surface area (Å²) in [5.74, 6) is 5.36. The molecule has 70 valence electrons. The quantitative estimate of drug-likeness (QED) is 0.408. The Morgan fingerprint density at radius 1 is 1.62 bits per heavy atom. The van der Waals surface area contributed by atoms with Crippen molar-refractivity contribution in [2.75, 3.05) is 0 Å². The lowest BCUT2D eigenvalue weighted by molar-refractivity contribution is 0.545. The van der Waals surface area contributed by atoms with Crippen LogP contribution in [-0.2, 0) is 0 Å². The lowest BCUT2D eigenvalue weighted by Gasteiger charge is -2.12. The molecule has 0 radical (unpaired) electrons. The highest BCUT2D eigenvalue weighted by Crippen LogP contribution is 2.11. The average molecular weight is 178 g/mol. The topological polar surface area (TPSA) is 63.8 Å². The Hall–Kier alpha value is -1.26. The third-order valence-electron chi connectivity index (χ3n) is 1.76. The first-order chi connectivity index (χ1) is 6.27. The lowest BCUT2D eigenvalue weighted by Crippen LogP contribution is -2.28. The Bertz CT molecular complexity index is 267. The van der Waals surface area contributed by atoms with Gasteiger partial charge in [-0.25, -0.2) is 0 Å². The van der Waals surface area contributed by atoms with Gasteiger partial charge in [-0.3, -0.25) is 21.2 Å². The van der Waals surface area contributed by atoms with Crippen LogP contribution in [0, 0.1) is 6.92 Å². The number of hydrazine groups is 1. The molecular formula is C9H14N4. The number of rotatable bonds is 4. The number of hydrogen-bond acceptors (Lipinski definition) is 4. The summed E-state index contributed by atoms with van der Waals surface area (Å²) in [5.41, 5.74) is 4.41. The smallest absolute Gasteiger partial charge is 0.0772 e. The monoisotopic (exact) mass is 178 g/mol. The van der Waals surface area contributed by atoms with Crippen molar-refractivity contribution in [2.45, 2.75) is 19.4 Å². The van der Waals surface area contributed by atoms with E-state index in [0.29, 0.717) is 0 Å². The van der Waals surface area contributed by atoms with E-state index >= 15 is 0 Å². The van der Waals surface area contributed by atoms with Crippen LogP contribution in [0.1, 0.15) is 23.9 Å². The fourth-order valence-electron chi connectivity index (χ4n) is 1.02. The third kappa shape index (κ3) is 2.61. The van der Waals surface area contributed by atoms with Gasteiger partial charge in [0.25, 0.3) is 0 Å². The molecule has 0 aliphatic carbocycles. The van der Waals surface area contributed by atoms with Gasteiger partial charge in [0.1, 0.15) is 0 Å².